The van der Waals surface area contributed by atoms with Crippen LogP contribution >= 0.6 is 23.8 Å². The Kier molecular flexibility index (Phi) is 7.27. The molecule has 0 aliphatic rings. The average molecular weight is 406 g/mol. The van der Waals surface area contributed by atoms with Crippen LogP contribution in [0.15, 0.2) is 48.5 Å². The van der Waals surface area contributed by atoms with Gasteiger partial charge in [-0.25, -0.2) is 0 Å². The van der Waals surface area contributed by atoms with Gasteiger partial charge in [0.2, 0.25) is 5.91 Å². The second-order valence-electron chi connectivity index (χ2n) is 5.20. The van der Waals surface area contributed by atoms with Gasteiger partial charge in [-0.1, -0.05) is 23.7 Å². The fourth-order valence-corrected chi connectivity index (χ4v) is 2.46. The van der Waals surface area contributed by atoms with E-state index in [4.69, 9.17) is 28.6 Å². The van der Waals surface area contributed by atoms with Gasteiger partial charge in [-0.2, -0.15) is 0 Å². The highest BCUT2D eigenvalue weighted by Gasteiger charge is 2.13. The van der Waals surface area contributed by atoms with Crippen LogP contribution in [0.25, 0.3) is 6.08 Å². The van der Waals surface area contributed by atoms with Crippen molar-refractivity contribution < 1.29 is 14.5 Å². The number of anilines is 1. The topological polar surface area (TPSA) is 93.5 Å². The molecule has 0 saturated heterocycles. The lowest BCUT2D eigenvalue weighted by molar-refractivity contribution is -0.384. The number of hydrogen-bond acceptors (Lipinski definition) is 5. The molecule has 27 heavy (non-hydrogen) atoms. The first-order chi connectivity index (χ1) is 12.9. The number of ether oxygens (including phenoxy) is 1. The Morgan fingerprint density at radius 3 is 2.63 bits per heavy atom. The lowest BCUT2D eigenvalue weighted by Crippen LogP contribution is -2.32. The van der Waals surface area contributed by atoms with Crippen LogP contribution in [0.5, 0.6) is 5.75 Å². The molecule has 2 aromatic rings. The molecule has 2 rings (SSSR count). The Balaban J connectivity index is 1.92. The number of carbonyl (C=O) groups excluding carboxylic acids is 1. The van der Waals surface area contributed by atoms with E-state index in [1.807, 2.05) is 19.1 Å². The van der Waals surface area contributed by atoms with Crippen molar-refractivity contribution >= 4 is 52.3 Å². The Morgan fingerprint density at radius 2 is 2.00 bits per heavy atom. The van der Waals surface area contributed by atoms with E-state index in [0.717, 1.165) is 11.3 Å². The number of nitro groups is 1. The fraction of sp³-hybridized carbons (Fsp3) is 0.111. The quantitative estimate of drug-likeness (QED) is 0.324. The lowest BCUT2D eigenvalue weighted by Gasteiger charge is -2.08. The maximum Gasteiger partial charge on any atom is 0.289 e. The van der Waals surface area contributed by atoms with Crippen LogP contribution in [-0.4, -0.2) is 22.5 Å². The molecule has 140 valence electrons. The van der Waals surface area contributed by atoms with E-state index in [1.165, 1.54) is 24.3 Å². The standard InChI is InChI=1S/C18H16ClN3O4S/c1-2-26-14-7-3-12(4-8-14)5-10-17(23)21-18(27)20-13-6-9-15(19)16(11-13)22(24)25/h3-11H,2H2,1H3,(H2,20,21,23,27)/b10-5+. The molecule has 1 amide bonds. The van der Waals surface area contributed by atoms with Gasteiger partial charge in [-0.15, -0.1) is 0 Å². The monoisotopic (exact) mass is 405 g/mol. The number of rotatable bonds is 6. The van der Waals surface area contributed by atoms with E-state index in [1.54, 1.807) is 18.2 Å². The molecule has 2 N–H and O–H groups in total. The van der Waals surface area contributed by atoms with Crippen LogP contribution in [0.3, 0.4) is 0 Å². The van der Waals surface area contributed by atoms with E-state index >= 15 is 0 Å². The van der Waals surface area contributed by atoms with Crippen molar-refractivity contribution in [2.45, 2.75) is 6.92 Å². The van der Waals surface area contributed by atoms with Crippen LogP contribution in [-0.2, 0) is 4.79 Å². The van der Waals surface area contributed by atoms with Gasteiger partial charge in [0.15, 0.2) is 5.11 Å². The molecule has 0 fully saturated rings. The Morgan fingerprint density at radius 1 is 1.30 bits per heavy atom. The zero-order valence-corrected chi connectivity index (χ0v) is 15.8. The van der Waals surface area contributed by atoms with Gasteiger partial charge >= 0.3 is 0 Å². The summed E-state index contributed by atoms with van der Waals surface area (Å²) in [5.74, 6) is 0.311. The minimum absolute atomic E-state index is 0.00737. The van der Waals surface area contributed by atoms with Gasteiger partial charge in [-0.05, 0) is 55.0 Å². The number of carbonyl (C=O) groups is 1. The Labute approximate surface area is 166 Å². The van der Waals surface area contributed by atoms with E-state index in [9.17, 15) is 14.9 Å². The van der Waals surface area contributed by atoms with Crippen LogP contribution in [0.4, 0.5) is 11.4 Å². The Bertz CT molecular complexity index is 885. The van der Waals surface area contributed by atoms with Crippen molar-refractivity contribution in [2.24, 2.45) is 0 Å². The molecule has 0 radical (unpaired) electrons. The van der Waals surface area contributed by atoms with E-state index < -0.39 is 10.8 Å². The number of benzene rings is 2. The summed E-state index contributed by atoms with van der Waals surface area (Å²) < 4.78 is 5.35. The van der Waals surface area contributed by atoms with Crippen molar-refractivity contribution in [3.63, 3.8) is 0 Å². The third kappa shape index (κ3) is 6.36. The van der Waals surface area contributed by atoms with Gasteiger partial charge in [0, 0.05) is 17.8 Å². The predicted octanol–water partition coefficient (Wildman–Crippen LogP) is 4.17. The van der Waals surface area contributed by atoms with Gasteiger partial charge in [0.05, 0.1) is 11.5 Å². The number of nitrogens with one attached hydrogen (secondary N) is 2. The molecule has 0 saturated carbocycles. The molecular formula is C18H16ClN3O4S. The van der Waals surface area contributed by atoms with Crippen LogP contribution in [0, 0.1) is 10.1 Å². The van der Waals surface area contributed by atoms with E-state index in [0.29, 0.717) is 12.3 Å². The van der Waals surface area contributed by atoms with Crippen LogP contribution < -0.4 is 15.4 Å². The summed E-state index contributed by atoms with van der Waals surface area (Å²) in [7, 11) is 0. The fourth-order valence-electron chi connectivity index (χ4n) is 2.06. The van der Waals surface area contributed by atoms with Crippen molar-refractivity contribution in [2.75, 3.05) is 11.9 Å². The number of nitro benzene ring substituents is 1. The summed E-state index contributed by atoms with van der Waals surface area (Å²) in [6.07, 6.45) is 2.95. The SMILES string of the molecule is CCOc1ccc(/C=C/C(=O)NC(=S)Nc2ccc(Cl)c([N+](=O)[O-])c2)cc1. The average Bonchev–Trinajstić information content (AvgIpc) is 2.62. The van der Waals surface area contributed by atoms with Gasteiger partial charge < -0.3 is 10.1 Å². The van der Waals surface area contributed by atoms with Crippen LogP contribution in [0.1, 0.15) is 12.5 Å². The summed E-state index contributed by atoms with van der Waals surface area (Å²) in [5.41, 5.74) is 0.902. The van der Waals surface area contributed by atoms with Gasteiger partial charge in [-0.3, -0.25) is 20.2 Å². The third-order valence-corrected chi connectivity index (χ3v) is 3.78. The number of hydrogen-bond donors (Lipinski definition) is 2. The molecule has 9 heteroatoms. The lowest BCUT2D eigenvalue weighted by atomic mass is 10.2. The number of thiocarbonyl (C=S) groups is 1. The molecule has 0 aliphatic carbocycles. The largest absolute Gasteiger partial charge is 0.494 e. The number of amides is 1. The molecule has 0 aliphatic heterocycles. The molecule has 0 aromatic heterocycles. The molecule has 0 heterocycles. The van der Waals surface area contributed by atoms with Gasteiger partial charge in [0.1, 0.15) is 10.8 Å². The molecule has 0 bridgehead atoms. The highest BCUT2D eigenvalue weighted by Crippen LogP contribution is 2.27. The minimum atomic E-state index is -0.602. The summed E-state index contributed by atoms with van der Waals surface area (Å²) in [4.78, 5) is 22.2. The molecule has 0 unspecified atom stereocenters. The summed E-state index contributed by atoms with van der Waals surface area (Å²) in [5, 5.41) is 16.1. The zero-order valence-electron chi connectivity index (χ0n) is 14.3. The van der Waals surface area contributed by atoms with Crippen molar-refractivity contribution in [1.82, 2.24) is 5.32 Å². The third-order valence-electron chi connectivity index (χ3n) is 3.26. The van der Waals surface area contributed by atoms with E-state index in [-0.39, 0.29) is 15.8 Å². The Hall–Kier alpha value is -2.97. The molecule has 0 spiro atoms. The van der Waals surface area contributed by atoms with Crippen molar-refractivity contribution in [3.05, 3.63) is 69.2 Å². The molecule has 0 atom stereocenters. The van der Waals surface area contributed by atoms with Crippen molar-refractivity contribution in [3.8, 4) is 5.75 Å². The summed E-state index contributed by atoms with van der Waals surface area (Å²) in [6.45, 7) is 2.48. The minimum Gasteiger partial charge on any atom is -0.494 e. The summed E-state index contributed by atoms with van der Waals surface area (Å²) in [6, 6.07) is 11.4. The summed E-state index contributed by atoms with van der Waals surface area (Å²) >= 11 is 10.8. The highest BCUT2D eigenvalue weighted by molar-refractivity contribution is 7.80. The highest BCUT2D eigenvalue weighted by atomic mass is 35.5. The maximum atomic E-state index is 11.9. The molecule has 2 aromatic carbocycles. The molecule has 7 nitrogen and oxygen atoms in total. The van der Waals surface area contributed by atoms with Crippen molar-refractivity contribution in [1.29, 1.82) is 0 Å². The zero-order chi connectivity index (χ0) is 19.8. The predicted molar refractivity (Wildman–Crippen MR) is 109 cm³/mol. The second kappa shape index (κ2) is 9.65. The second-order valence-corrected chi connectivity index (χ2v) is 6.02. The van der Waals surface area contributed by atoms with E-state index in [2.05, 4.69) is 10.6 Å². The number of nitrogens with zero attached hydrogens (tertiary/aromatic N) is 1. The maximum absolute atomic E-state index is 11.9. The molecular weight excluding hydrogens is 390 g/mol. The first-order valence-corrected chi connectivity index (χ1v) is 8.64. The number of halogens is 1. The first kappa shape index (κ1) is 20.3. The normalized spacial score (nSPS) is 10.4. The van der Waals surface area contributed by atoms with Gasteiger partial charge in [0.25, 0.3) is 5.69 Å². The smallest absolute Gasteiger partial charge is 0.289 e. The first-order valence-electron chi connectivity index (χ1n) is 7.86. The van der Waals surface area contributed by atoms with Crippen LogP contribution in [0.2, 0.25) is 5.02 Å².